The molecule has 4 nitrogen and oxygen atoms in total. The van der Waals surface area contributed by atoms with Gasteiger partial charge in [0.25, 0.3) is 0 Å². The Bertz CT molecular complexity index is 884. The van der Waals surface area contributed by atoms with Gasteiger partial charge in [0.1, 0.15) is 28.7 Å². The maximum Gasteiger partial charge on any atom is 0.149 e. The maximum absolute atomic E-state index is 6.51. The second-order valence-corrected chi connectivity index (χ2v) is 7.39. The number of hydrogen-bond acceptors (Lipinski definition) is 4. The third-order valence-corrected chi connectivity index (χ3v) is 5.26. The van der Waals surface area contributed by atoms with Gasteiger partial charge in [-0.2, -0.15) is 0 Å². The summed E-state index contributed by atoms with van der Waals surface area (Å²) in [4.78, 5) is 8.64. The highest BCUT2D eigenvalue weighted by Crippen LogP contribution is 2.31. The van der Waals surface area contributed by atoms with Crippen molar-refractivity contribution in [1.82, 2.24) is 9.97 Å². The van der Waals surface area contributed by atoms with Gasteiger partial charge in [-0.1, -0.05) is 75.0 Å². The molecule has 0 saturated carbocycles. The van der Waals surface area contributed by atoms with Crippen LogP contribution in [0.4, 0.5) is 5.82 Å². The lowest BCUT2D eigenvalue weighted by Gasteiger charge is -2.21. The molecule has 0 bridgehead atoms. The van der Waals surface area contributed by atoms with Crippen LogP contribution in [0.5, 0.6) is 11.5 Å². The van der Waals surface area contributed by atoms with Crippen LogP contribution in [0.2, 0.25) is 5.02 Å². The van der Waals surface area contributed by atoms with E-state index in [1.165, 1.54) is 18.4 Å². The largest absolute Gasteiger partial charge is 0.457 e. The standard InChI is InChI=1S/C24H28ClN3O/c1-3-5-7-12-22(28-24-23(25)21(4-2)26-17-27-24)18-13-15-20(16-14-18)29-19-10-8-6-9-11-19/h6,8-11,13-17,22H,3-5,7,12H2,1-2H3,(H,26,27,28). The zero-order valence-electron chi connectivity index (χ0n) is 17.1. The summed E-state index contributed by atoms with van der Waals surface area (Å²) in [6.07, 6.45) is 6.89. The minimum atomic E-state index is 0.129. The number of halogens is 1. The topological polar surface area (TPSA) is 47.0 Å². The first kappa shape index (κ1) is 21.1. The lowest BCUT2D eigenvalue weighted by molar-refractivity contribution is 0.482. The quantitative estimate of drug-likeness (QED) is 0.359. The van der Waals surface area contributed by atoms with E-state index in [4.69, 9.17) is 16.3 Å². The van der Waals surface area contributed by atoms with Crippen LogP contribution in [-0.2, 0) is 6.42 Å². The van der Waals surface area contributed by atoms with Gasteiger partial charge < -0.3 is 10.1 Å². The normalized spacial score (nSPS) is 11.8. The van der Waals surface area contributed by atoms with Crippen molar-refractivity contribution < 1.29 is 4.74 Å². The first-order valence-electron chi connectivity index (χ1n) is 10.3. The number of anilines is 1. The highest BCUT2D eigenvalue weighted by Gasteiger charge is 2.16. The van der Waals surface area contributed by atoms with Crippen molar-refractivity contribution >= 4 is 17.4 Å². The Morgan fingerprint density at radius 1 is 0.931 bits per heavy atom. The van der Waals surface area contributed by atoms with Crippen molar-refractivity contribution in [1.29, 1.82) is 0 Å². The van der Waals surface area contributed by atoms with Crippen molar-refractivity contribution in [2.24, 2.45) is 0 Å². The molecule has 0 spiro atoms. The smallest absolute Gasteiger partial charge is 0.149 e. The summed E-state index contributed by atoms with van der Waals surface area (Å²) in [6.45, 7) is 4.26. The molecule has 1 N–H and O–H groups in total. The van der Waals surface area contributed by atoms with E-state index >= 15 is 0 Å². The summed E-state index contributed by atoms with van der Waals surface area (Å²) in [7, 11) is 0. The first-order chi connectivity index (χ1) is 14.2. The third-order valence-electron chi connectivity index (χ3n) is 4.87. The number of unbranched alkanes of at least 4 members (excludes halogenated alkanes) is 2. The van der Waals surface area contributed by atoms with E-state index in [2.05, 4.69) is 34.3 Å². The predicted octanol–water partition coefficient (Wildman–Crippen LogP) is 7.22. The van der Waals surface area contributed by atoms with Crippen LogP contribution in [0.15, 0.2) is 60.9 Å². The Balaban J connectivity index is 1.77. The molecular formula is C24H28ClN3O. The summed E-state index contributed by atoms with van der Waals surface area (Å²) in [5, 5.41) is 4.15. The number of para-hydroxylation sites is 1. The van der Waals surface area contributed by atoms with E-state index in [1.807, 2.05) is 49.4 Å². The summed E-state index contributed by atoms with van der Waals surface area (Å²) >= 11 is 6.51. The number of aryl methyl sites for hydroxylation is 1. The molecule has 3 aromatic rings. The number of rotatable bonds is 10. The molecule has 3 rings (SSSR count). The van der Waals surface area contributed by atoms with Gasteiger partial charge in [0.2, 0.25) is 0 Å². The number of ether oxygens (including phenoxy) is 1. The Hall–Kier alpha value is -2.59. The number of benzene rings is 2. The molecule has 1 aromatic heterocycles. The predicted molar refractivity (Wildman–Crippen MR) is 120 cm³/mol. The highest BCUT2D eigenvalue weighted by molar-refractivity contribution is 6.33. The van der Waals surface area contributed by atoms with E-state index < -0.39 is 0 Å². The Morgan fingerprint density at radius 2 is 1.66 bits per heavy atom. The molecule has 0 aliphatic rings. The molecule has 1 atom stereocenters. The third kappa shape index (κ3) is 5.94. The Labute approximate surface area is 178 Å². The zero-order chi connectivity index (χ0) is 20.5. The molecule has 2 aromatic carbocycles. The molecular weight excluding hydrogens is 382 g/mol. The van der Waals surface area contributed by atoms with Crippen LogP contribution in [0, 0.1) is 0 Å². The van der Waals surface area contributed by atoms with Crippen LogP contribution in [-0.4, -0.2) is 9.97 Å². The summed E-state index contributed by atoms with van der Waals surface area (Å²) in [6, 6.07) is 18.2. The molecule has 152 valence electrons. The lowest BCUT2D eigenvalue weighted by atomic mass is 10.00. The van der Waals surface area contributed by atoms with Gasteiger partial charge in [-0.3, -0.25) is 0 Å². The van der Waals surface area contributed by atoms with Gasteiger partial charge in [-0.15, -0.1) is 0 Å². The summed E-state index contributed by atoms with van der Waals surface area (Å²) in [5.74, 6) is 2.35. The van der Waals surface area contributed by atoms with E-state index in [0.717, 1.165) is 36.5 Å². The number of hydrogen-bond donors (Lipinski definition) is 1. The molecule has 5 heteroatoms. The van der Waals surface area contributed by atoms with Crippen LogP contribution in [0.1, 0.15) is 56.8 Å². The monoisotopic (exact) mass is 409 g/mol. The van der Waals surface area contributed by atoms with Gasteiger partial charge in [0.05, 0.1) is 11.7 Å². The van der Waals surface area contributed by atoms with Crippen molar-refractivity contribution in [2.45, 2.75) is 52.0 Å². The van der Waals surface area contributed by atoms with Gasteiger partial charge in [0.15, 0.2) is 0 Å². The van der Waals surface area contributed by atoms with Gasteiger partial charge >= 0.3 is 0 Å². The number of nitrogens with one attached hydrogen (secondary N) is 1. The van der Waals surface area contributed by atoms with E-state index in [1.54, 1.807) is 6.33 Å². The molecule has 0 saturated heterocycles. The first-order valence-corrected chi connectivity index (χ1v) is 10.7. The van der Waals surface area contributed by atoms with Gasteiger partial charge in [-0.25, -0.2) is 9.97 Å². The molecule has 1 unspecified atom stereocenters. The molecule has 0 amide bonds. The number of nitrogens with zero attached hydrogens (tertiary/aromatic N) is 2. The minimum Gasteiger partial charge on any atom is -0.457 e. The summed E-state index contributed by atoms with van der Waals surface area (Å²) < 4.78 is 5.92. The fraction of sp³-hybridized carbons (Fsp3) is 0.333. The average molecular weight is 410 g/mol. The second kappa shape index (κ2) is 10.8. The Morgan fingerprint density at radius 3 is 2.34 bits per heavy atom. The Kier molecular flexibility index (Phi) is 7.88. The van der Waals surface area contributed by atoms with Gasteiger partial charge in [-0.05, 0) is 42.7 Å². The van der Waals surface area contributed by atoms with E-state index in [0.29, 0.717) is 10.8 Å². The lowest BCUT2D eigenvalue weighted by Crippen LogP contribution is -2.13. The minimum absolute atomic E-state index is 0.129. The van der Waals surface area contributed by atoms with E-state index in [9.17, 15) is 0 Å². The molecule has 0 aliphatic carbocycles. The molecule has 0 aliphatic heterocycles. The highest BCUT2D eigenvalue weighted by atomic mass is 35.5. The maximum atomic E-state index is 6.51. The molecule has 29 heavy (non-hydrogen) atoms. The van der Waals surface area contributed by atoms with E-state index in [-0.39, 0.29) is 6.04 Å². The molecule has 0 fully saturated rings. The second-order valence-electron chi connectivity index (χ2n) is 7.01. The fourth-order valence-electron chi connectivity index (χ4n) is 3.23. The average Bonchev–Trinajstić information content (AvgIpc) is 2.76. The SMILES string of the molecule is CCCCCC(Nc1ncnc(CC)c1Cl)c1ccc(Oc2ccccc2)cc1. The molecule has 0 radical (unpaired) electrons. The van der Waals surface area contributed by atoms with Crippen LogP contribution < -0.4 is 10.1 Å². The number of aromatic nitrogens is 2. The zero-order valence-corrected chi connectivity index (χ0v) is 17.8. The van der Waals surface area contributed by atoms with Crippen molar-refractivity contribution in [2.75, 3.05) is 5.32 Å². The van der Waals surface area contributed by atoms with Crippen molar-refractivity contribution in [3.05, 3.63) is 77.2 Å². The van der Waals surface area contributed by atoms with Gasteiger partial charge in [0, 0.05) is 0 Å². The van der Waals surface area contributed by atoms with Crippen LogP contribution in [0.25, 0.3) is 0 Å². The fourth-order valence-corrected chi connectivity index (χ4v) is 3.52. The summed E-state index contributed by atoms with van der Waals surface area (Å²) in [5.41, 5.74) is 2.05. The van der Waals surface area contributed by atoms with Crippen LogP contribution in [0.3, 0.4) is 0 Å². The van der Waals surface area contributed by atoms with Crippen molar-refractivity contribution in [3.8, 4) is 11.5 Å². The van der Waals surface area contributed by atoms with Crippen molar-refractivity contribution in [3.63, 3.8) is 0 Å². The van der Waals surface area contributed by atoms with Crippen LogP contribution >= 0.6 is 11.6 Å². The molecule has 1 heterocycles.